The molecule has 1 heterocycles. The molecule has 2 aromatic rings. The van der Waals surface area contributed by atoms with E-state index in [0.29, 0.717) is 12.2 Å². The Morgan fingerprint density at radius 2 is 1.88 bits per heavy atom. The second kappa shape index (κ2) is 7.54. The second-order valence-electron chi connectivity index (χ2n) is 6.74. The first-order valence-corrected chi connectivity index (χ1v) is 11.5. The molecule has 0 atom stereocenters. The fourth-order valence-corrected chi connectivity index (χ4v) is 2.87. The number of carboxylic acids is 1. The molecule has 0 aliphatic rings. The zero-order valence-corrected chi connectivity index (χ0v) is 15.2. The number of hydrogen-bond donors (Lipinski definition) is 1. The number of carboxylic acid groups (broad SMARTS) is 1. The van der Waals surface area contributed by atoms with E-state index in [2.05, 4.69) is 24.6 Å². The van der Waals surface area contributed by atoms with E-state index in [0.717, 1.165) is 6.04 Å². The van der Waals surface area contributed by atoms with Crippen molar-refractivity contribution in [3.63, 3.8) is 0 Å². The number of nitrogens with zero attached hydrogens (tertiary/aromatic N) is 2. The third-order valence-corrected chi connectivity index (χ3v) is 5.23. The summed E-state index contributed by atoms with van der Waals surface area (Å²) in [6.45, 7) is 7.24. The van der Waals surface area contributed by atoms with E-state index in [9.17, 15) is 14.7 Å². The molecule has 0 aliphatic heterocycles. The first-order valence-electron chi connectivity index (χ1n) is 7.76. The predicted octanol–water partition coefficient (Wildman–Crippen LogP) is 3.12. The summed E-state index contributed by atoms with van der Waals surface area (Å²) in [5.41, 5.74) is 0.408. The molecule has 6 nitrogen and oxygen atoms in total. The lowest BCUT2D eigenvalue weighted by Gasteiger charge is -2.16. The van der Waals surface area contributed by atoms with Crippen LogP contribution in [0.3, 0.4) is 0 Å². The highest BCUT2D eigenvalue weighted by molar-refractivity contribution is 6.76. The summed E-state index contributed by atoms with van der Waals surface area (Å²) in [7, 11) is -1.24. The maximum absolute atomic E-state index is 12.6. The Kier molecular flexibility index (Phi) is 5.69. The summed E-state index contributed by atoms with van der Waals surface area (Å²) in [6, 6.07) is 9.63. The molecule has 0 unspecified atom stereocenters. The topological polar surface area (TPSA) is 81.4 Å². The van der Waals surface area contributed by atoms with Crippen molar-refractivity contribution in [1.82, 2.24) is 9.55 Å². The van der Waals surface area contributed by atoms with Crippen LogP contribution in [-0.2, 0) is 11.5 Å². The van der Waals surface area contributed by atoms with E-state index >= 15 is 0 Å². The van der Waals surface area contributed by atoms with Gasteiger partial charge in [0.15, 0.2) is 5.82 Å². The number of carbonyl (C=O) groups is 2. The number of hydrogen-bond acceptors (Lipinski definition) is 4. The van der Waals surface area contributed by atoms with Crippen LogP contribution in [0.1, 0.15) is 26.7 Å². The number of ether oxygens (including phenoxy) is 1. The van der Waals surface area contributed by atoms with Gasteiger partial charge in [-0.3, -0.25) is 9.36 Å². The van der Waals surface area contributed by atoms with Crippen LogP contribution >= 0.6 is 0 Å². The quantitative estimate of drug-likeness (QED) is 0.451. The molecule has 1 N–H and O–H groups in total. The normalized spacial score (nSPS) is 11.5. The number of imidazole rings is 1. The molecule has 128 valence electrons. The molecular formula is C17H22N2O4Si. The molecule has 1 aromatic carbocycles. The molecule has 0 saturated carbocycles. The van der Waals surface area contributed by atoms with Gasteiger partial charge in [-0.1, -0.05) is 50.0 Å². The lowest BCUT2D eigenvalue weighted by atomic mass is 10.1. The molecule has 0 saturated heterocycles. The van der Waals surface area contributed by atoms with Crippen molar-refractivity contribution < 1.29 is 19.4 Å². The minimum Gasteiger partial charge on any atom is -0.477 e. The van der Waals surface area contributed by atoms with Gasteiger partial charge in [-0.15, -0.1) is 0 Å². The van der Waals surface area contributed by atoms with Crippen molar-refractivity contribution in [2.24, 2.45) is 0 Å². The Labute approximate surface area is 142 Å². The van der Waals surface area contributed by atoms with Gasteiger partial charge in [0.2, 0.25) is 5.78 Å². The van der Waals surface area contributed by atoms with Crippen LogP contribution in [0.25, 0.3) is 0 Å². The zero-order chi connectivity index (χ0) is 17.7. The number of carbonyl (C=O) groups excluding carboxylic acids is 1. The fraction of sp³-hybridized carbons (Fsp3) is 0.353. The lowest BCUT2D eigenvalue weighted by molar-refractivity contribution is 0.0615. The molecule has 7 heteroatoms. The van der Waals surface area contributed by atoms with Gasteiger partial charge in [-0.05, 0) is 6.04 Å². The summed E-state index contributed by atoms with van der Waals surface area (Å²) >= 11 is 0. The van der Waals surface area contributed by atoms with Gasteiger partial charge >= 0.3 is 5.97 Å². The Morgan fingerprint density at radius 3 is 2.46 bits per heavy atom. The van der Waals surface area contributed by atoms with E-state index in [1.54, 1.807) is 24.3 Å². The Balaban J connectivity index is 2.20. The number of aromatic nitrogens is 2. The van der Waals surface area contributed by atoms with Gasteiger partial charge < -0.3 is 9.84 Å². The van der Waals surface area contributed by atoms with Crippen molar-refractivity contribution in [3.8, 4) is 0 Å². The SMILES string of the molecule is C[Si](C)(C)CCOCn1c(C(=O)O)cnc1C(=O)c1ccccc1. The van der Waals surface area contributed by atoms with Crippen LogP contribution < -0.4 is 0 Å². The first-order chi connectivity index (χ1) is 11.3. The van der Waals surface area contributed by atoms with Crippen molar-refractivity contribution in [2.75, 3.05) is 6.61 Å². The maximum atomic E-state index is 12.6. The highest BCUT2D eigenvalue weighted by Crippen LogP contribution is 2.13. The lowest BCUT2D eigenvalue weighted by Crippen LogP contribution is -2.23. The number of benzene rings is 1. The van der Waals surface area contributed by atoms with E-state index in [1.807, 2.05) is 6.07 Å². The minimum atomic E-state index is -1.24. The van der Waals surface area contributed by atoms with Crippen LogP contribution in [-0.4, -0.2) is 41.1 Å². The Morgan fingerprint density at radius 1 is 1.21 bits per heavy atom. The predicted molar refractivity (Wildman–Crippen MR) is 93.2 cm³/mol. The minimum absolute atomic E-state index is 0.0000201. The number of rotatable bonds is 8. The average Bonchev–Trinajstić information content (AvgIpc) is 2.95. The van der Waals surface area contributed by atoms with Crippen LogP contribution in [0.2, 0.25) is 25.7 Å². The molecule has 0 aliphatic carbocycles. The van der Waals surface area contributed by atoms with Crippen molar-refractivity contribution in [1.29, 1.82) is 0 Å². The van der Waals surface area contributed by atoms with E-state index < -0.39 is 14.0 Å². The average molecular weight is 346 g/mol. The van der Waals surface area contributed by atoms with E-state index in [4.69, 9.17) is 4.74 Å². The molecule has 0 fully saturated rings. The van der Waals surface area contributed by atoms with Gasteiger partial charge in [0.1, 0.15) is 12.4 Å². The van der Waals surface area contributed by atoms with Crippen LogP contribution in [0.15, 0.2) is 36.5 Å². The molecule has 0 spiro atoms. The maximum Gasteiger partial charge on any atom is 0.354 e. The zero-order valence-electron chi connectivity index (χ0n) is 14.2. The largest absolute Gasteiger partial charge is 0.477 e. The molecule has 0 amide bonds. The third kappa shape index (κ3) is 4.62. The highest BCUT2D eigenvalue weighted by Gasteiger charge is 2.22. The van der Waals surface area contributed by atoms with Gasteiger partial charge in [-0.2, -0.15) is 0 Å². The van der Waals surface area contributed by atoms with Crippen molar-refractivity contribution >= 4 is 19.8 Å². The summed E-state index contributed by atoms with van der Waals surface area (Å²) in [4.78, 5) is 27.9. The molecule has 24 heavy (non-hydrogen) atoms. The van der Waals surface area contributed by atoms with Gasteiger partial charge in [-0.25, -0.2) is 9.78 Å². The highest BCUT2D eigenvalue weighted by atomic mass is 28.3. The Bertz CT molecular complexity index is 720. The third-order valence-electron chi connectivity index (χ3n) is 3.53. The molecule has 0 bridgehead atoms. The standard InChI is InChI=1S/C17H22N2O4Si/c1-24(2,3)10-9-23-12-19-14(17(21)22)11-18-16(19)15(20)13-7-5-4-6-8-13/h4-8,11H,9-10,12H2,1-3H3,(H,21,22). The van der Waals surface area contributed by atoms with Gasteiger partial charge in [0.25, 0.3) is 0 Å². The van der Waals surface area contributed by atoms with E-state index in [1.165, 1.54) is 10.8 Å². The second-order valence-corrected chi connectivity index (χ2v) is 12.4. The molecule has 2 rings (SSSR count). The molecule has 1 aromatic heterocycles. The van der Waals surface area contributed by atoms with Crippen LogP contribution in [0.4, 0.5) is 0 Å². The Hall–Kier alpha value is -2.25. The summed E-state index contributed by atoms with van der Waals surface area (Å²) in [5, 5.41) is 9.30. The number of aromatic carboxylic acids is 1. The summed E-state index contributed by atoms with van der Waals surface area (Å²) in [5.74, 6) is -1.38. The number of ketones is 1. The van der Waals surface area contributed by atoms with Crippen molar-refractivity contribution in [3.05, 3.63) is 53.6 Å². The van der Waals surface area contributed by atoms with Crippen LogP contribution in [0, 0.1) is 0 Å². The molecule has 0 radical (unpaired) electrons. The monoisotopic (exact) mass is 346 g/mol. The molecular weight excluding hydrogens is 324 g/mol. The van der Waals surface area contributed by atoms with E-state index in [-0.39, 0.29) is 24.0 Å². The summed E-state index contributed by atoms with van der Waals surface area (Å²) in [6.07, 6.45) is 1.19. The van der Waals surface area contributed by atoms with Crippen molar-refractivity contribution in [2.45, 2.75) is 32.4 Å². The summed E-state index contributed by atoms with van der Waals surface area (Å²) < 4.78 is 6.94. The van der Waals surface area contributed by atoms with Gasteiger partial charge in [0.05, 0.1) is 6.20 Å². The smallest absolute Gasteiger partial charge is 0.354 e. The van der Waals surface area contributed by atoms with Crippen LogP contribution in [0.5, 0.6) is 0 Å². The first kappa shape index (κ1) is 18.1. The van der Waals surface area contributed by atoms with Gasteiger partial charge in [0, 0.05) is 20.2 Å². The fourth-order valence-electron chi connectivity index (χ4n) is 2.11.